The summed E-state index contributed by atoms with van der Waals surface area (Å²) in [6, 6.07) is 9.68. The largest absolute Gasteiger partial charge is 0.418 e. The highest BCUT2D eigenvalue weighted by atomic mass is 19.4. The fourth-order valence-corrected chi connectivity index (χ4v) is 2.28. The molecule has 0 aliphatic heterocycles. The topological polar surface area (TPSA) is 79.8 Å². The van der Waals surface area contributed by atoms with E-state index in [1.165, 1.54) is 30.5 Å². The summed E-state index contributed by atoms with van der Waals surface area (Å²) in [6.07, 6.45) is 0.0545. The zero-order valence-electron chi connectivity index (χ0n) is 13.9. The van der Waals surface area contributed by atoms with Gasteiger partial charge < -0.3 is 10.6 Å². The van der Waals surface area contributed by atoms with Gasteiger partial charge in [-0.05, 0) is 35.9 Å². The number of aromatic nitrogens is 3. The average molecular weight is 373 g/mol. The van der Waals surface area contributed by atoms with Gasteiger partial charge in [-0.1, -0.05) is 12.1 Å². The maximum Gasteiger partial charge on any atom is 0.418 e. The van der Waals surface area contributed by atoms with Crippen LogP contribution in [0.25, 0.3) is 0 Å². The number of nitrogens with one attached hydrogen (secondary N) is 2. The molecule has 0 radical (unpaired) electrons. The van der Waals surface area contributed by atoms with Crippen LogP contribution in [0.2, 0.25) is 0 Å². The Morgan fingerprint density at radius 1 is 1.00 bits per heavy atom. The second-order valence-electron chi connectivity index (χ2n) is 5.47. The Hall–Kier alpha value is -3.49. The Bertz CT molecular complexity index is 932. The first-order chi connectivity index (χ1) is 12.9. The van der Waals surface area contributed by atoms with Gasteiger partial charge in [-0.3, -0.25) is 9.78 Å². The SMILES string of the molecule is O=C(Nc1ccccc1C(F)(F)F)c1ccnc(NCc2ccncc2)n1. The van der Waals surface area contributed by atoms with Crippen molar-refractivity contribution in [2.24, 2.45) is 0 Å². The predicted molar refractivity (Wildman–Crippen MR) is 93.0 cm³/mol. The lowest BCUT2D eigenvalue weighted by Gasteiger charge is -2.13. The molecule has 2 heterocycles. The molecule has 9 heteroatoms. The van der Waals surface area contributed by atoms with Gasteiger partial charge in [-0.25, -0.2) is 9.97 Å². The Kier molecular flexibility index (Phi) is 5.30. The minimum absolute atomic E-state index is 0.0563. The zero-order valence-corrected chi connectivity index (χ0v) is 13.9. The van der Waals surface area contributed by atoms with E-state index in [0.717, 1.165) is 11.6 Å². The van der Waals surface area contributed by atoms with E-state index in [2.05, 4.69) is 25.6 Å². The molecule has 138 valence electrons. The summed E-state index contributed by atoms with van der Waals surface area (Å²) in [7, 11) is 0. The summed E-state index contributed by atoms with van der Waals surface area (Å²) < 4.78 is 39.1. The van der Waals surface area contributed by atoms with Crippen molar-refractivity contribution >= 4 is 17.5 Å². The average Bonchev–Trinajstić information content (AvgIpc) is 2.67. The summed E-state index contributed by atoms with van der Waals surface area (Å²) in [4.78, 5) is 24.3. The lowest BCUT2D eigenvalue weighted by Crippen LogP contribution is -2.18. The van der Waals surface area contributed by atoms with Crippen LogP contribution in [0.5, 0.6) is 0 Å². The fraction of sp³-hybridized carbons (Fsp3) is 0.111. The molecular formula is C18H14F3N5O. The van der Waals surface area contributed by atoms with E-state index in [-0.39, 0.29) is 17.3 Å². The summed E-state index contributed by atoms with van der Waals surface area (Å²) in [6.45, 7) is 0.407. The van der Waals surface area contributed by atoms with Crippen LogP contribution in [0, 0.1) is 0 Å². The van der Waals surface area contributed by atoms with Crippen molar-refractivity contribution in [1.29, 1.82) is 0 Å². The van der Waals surface area contributed by atoms with Crippen molar-refractivity contribution in [2.75, 3.05) is 10.6 Å². The smallest absolute Gasteiger partial charge is 0.350 e. The number of carbonyl (C=O) groups is 1. The number of rotatable bonds is 5. The molecule has 0 saturated heterocycles. The van der Waals surface area contributed by atoms with Crippen molar-refractivity contribution in [3.05, 3.63) is 77.9 Å². The number of halogens is 3. The summed E-state index contributed by atoms with van der Waals surface area (Å²) in [5.41, 5.74) is -0.384. The lowest BCUT2D eigenvalue weighted by molar-refractivity contribution is -0.136. The molecule has 0 aliphatic carbocycles. The highest BCUT2D eigenvalue weighted by Crippen LogP contribution is 2.34. The molecule has 2 aromatic heterocycles. The van der Waals surface area contributed by atoms with Gasteiger partial charge in [-0.2, -0.15) is 13.2 Å². The second kappa shape index (κ2) is 7.81. The molecule has 0 fully saturated rings. The maximum absolute atomic E-state index is 13.0. The third kappa shape index (κ3) is 4.78. The molecule has 0 spiro atoms. The molecule has 0 bridgehead atoms. The maximum atomic E-state index is 13.0. The second-order valence-corrected chi connectivity index (χ2v) is 5.47. The number of para-hydroxylation sites is 1. The van der Waals surface area contributed by atoms with Gasteiger partial charge >= 0.3 is 6.18 Å². The molecule has 0 atom stereocenters. The van der Waals surface area contributed by atoms with Gasteiger partial charge in [0.05, 0.1) is 11.3 Å². The van der Waals surface area contributed by atoms with E-state index < -0.39 is 17.6 Å². The molecular weight excluding hydrogens is 359 g/mol. The molecule has 3 aromatic rings. The standard InChI is InChI=1S/C18H14F3N5O/c19-18(20,21)13-3-1-2-4-14(13)25-16(27)15-7-10-23-17(26-15)24-11-12-5-8-22-9-6-12/h1-10H,11H2,(H,25,27)(H,23,24,26). The Balaban J connectivity index is 1.73. The number of amides is 1. The highest BCUT2D eigenvalue weighted by molar-refractivity contribution is 6.03. The van der Waals surface area contributed by atoms with E-state index in [1.807, 2.05) is 0 Å². The monoisotopic (exact) mass is 373 g/mol. The molecule has 6 nitrogen and oxygen atoms in total. The summed E-state index contributed by atoms with van der Waals surface area (Å²) in [5.74, 6) is -0.579. The number of pyridine rings is 1. The van der Waals surface area contributed by atoms with Gasteiger partial charge in [0.15, 0.2) is 0 Å². The number of hydrogen-bond acceptors (Lipinski definition) is 5. The Labute approximate surface area is 152 Å². The number of hydrogen-bond donors (Lipinski definition) is 2. The zero-order chi connectivity index (χ0) is 19.3. The number of benzene rings is 1. The van der Waals surface area contributed by atoms with Gasteiger partial charge in [0.1, 0.15) is 5.69 Å². The van der Waals surface area contributed by atoms with Crippen molar-refractivity contribution < 1.29 is 18.0 Å². The molecule has 1 amide bonds. The van der Waals surface area contributed by atoms with E-state index >= 15 is 0 Å². The first-order valence-electron chi connectivity index (χ1n) is 7.87. The van der Waals surface area contributed by atoms with Gasteiger partial charge in [0, 0.05) is 25.1 Å². The molecule has 0 unspecified atom stereocenters. The lowest BCUT2D eigenvalue weighted by atomic mass is 10.1. The summed E-state index contributed by atoms with van der Waals surface area (Å²) >= 11 is 0. The molecule has 1 aromatic carbocycles. The predicted octanol–water partition coefficient (Wildman–Crippen LogP) is 3.75. The van der Waals surface area contributed by atoms with Crippen molar-refractivity contribution in [3.63, 3.8) is 0 Å². The number of alkyl halides is 3. The molecule has 27 heavy (non-hydrogen) atoms. The molecule has 2 N–H and O–H groups in total. The van der Waals surface area contributed by atoms with Crippen LogP contribution in [0.4, 0.5) is 24.8 Å². The van der Waals surface area contributed by atoms with Crippen molar-refractivity contribution in [1.82, 2.24) is 15.0 Å². The third-order valence-electron chi connectivity index (χ3n) is 3.57. The number of anilines is 2. The minimum Gasteiger partial charge on any atom is -0.350 e. The van der Waals surface area contributed by atoms with Crippen LogP contribution < -0.4 is 10.6 Å². The molecule has 0 saturated carbocycles. The Morgan fingerprint density at radius 2 is 1.74 bits per heavy atom. The van der Waals surface area contributed by atoms with Crippen LogP contribution in [-0.4, -0.2) is 20.9 Å². The first kappa shape index (κ1) is 18.3. The van der Waals surface area contributed by atoms with Gasteiger partial charge in [0.25, 0.3) is 5.91 Å². The van der Waals surface area contributed by atoms with Gasteiger partial charge in [0.2, 0.25) is 5.95 Å². The highest BCUT2D eigenvalue weighted by Gasteiger charge is 2.33. The molecule has 0 aliphatic rings. The van der Waals surface area contributed by atoms with E-state index in [0.29, 0.717) is 6.54 Å². The van der Waals surface area contributed by atoms with Crippen molar-refractivity contribution in [2.45, 2.75) is 12.7 Å². The van der Waals surface area contributed by atoms with Crippen LogP contribution >= 0.6 is 0 Å². The fourth-order valence-electron chi connectivity index (χ4n) is 2.28. The third-order valence-corrected chi connectivity index (χ3v) is 3.57. The van der Waals surface area contributed by atoms with Crippen LogP contribution in [0.3, 0.4) is 0 Å². The number of carbonyl (C=O) groups excluding carboxylic acids is 1. The Morgan fingerprint density at radius 3 is 2.48 bits per heavy atom. The summed E-state index contributed by atoms with van der Waals surface area (Å²) in [5, 5.41) is 5.19. The van der Waals surface area contributed by atoms with E-state index in [9.17, 15) is 18.0 Å². The normalized spacial score (nSPS) is 11.1. The quantitative estimate of drug-likeness (QED) is 0.712. The number of nitrogens with zero attached hydrogens (tertiary/aromatic N) is 3. The van der Waals surface area contributed by atoms with Crippen LogP contribution in [0.15, 0.2) is 61.1 Å². The molecule has 3 rings (SSSR count). The van der Waals surface area contributed by atoms with E-state index in [4.69, 9.17) is 0 Å². The minimum atomic E-state index is -4.58. The van der Waals surface area contributed by atoms with Crippen LogP contribution in [-0.2, 0) is 12.7 Å². The van der Waals surface area contributed by atoms with Crippen LogP contribution in [0.1, 0.15) is 21.6 Å². The first-order valence-corrected chi connectivity index (χ1v) is 7.87. The van der Waals surface area contributed by atoms with Gasteiger partial charge in [-0.15, -0.1) is 0 Å². The van der Waals surface area contributed by atoms with E-state index in [1.54, 1.807) is 24.5 Å². The van der Waals surface area contributed by atoms with Crippen molar-refractivity contribution in [3.8, 4) is 0 Å².